The van der Waals surface area contributed by atoms with Crippen molar-refractivity contribution < 1.29 is 0 Å². The zero-order valence-corrected chi connectivity index (χ0v) is 14.3. The van der Waals surface area contributed by atoms with Gasteiger partial charge < -0.3 is 4.57 Å². The number of thioether (sulfide) groups is 1. The number of rotatable bonds is 5. The molecule has 0 bridgehead atoms. The van der Waals surface area contributed by atoms with E-state index in [9.17, 15) is 0 Å². The second kappa shape index (κ2) is 7.49. The van der Waals surface area contributed by atoms with Crippen molar-refractivity contribution in [3.8, 4) is 11.4 Å². The maximum absolute atomic E-state index is 6.04. The van der Waals surface area contributed by atoms with Crippen LogP contribution in [0.1, 0.15) is 5.56 Å². The van der Waals surface area contributed by atoms with Gasteiger partial charge in [0.2, 0.25) is 0 Å². The SMILES string of the molecule is Cn1c(SC/C=C/c2ccccc2)nnc1-c1cccc(Cl)c1. The molecule has 3 rings (SSSR count). The fraction of sp³-hybridized carbons (Fsp3) is 0.111. The second-order valence-electron chi connectivity index (χ2n) is 5.00. The van der Waals surface area contributed by atoms with E-state index in [1.165, 1.54) is 5.56 Å². The molecule has 3 nitrogen and oxygen atoms in total. The summed E-state index contributed by atoms with van der Waals surface area (Å²) in [4.78, 5) is 0. The lowest BCUT2D eigenvalue weighted by Crippen LogP contribution is -1.94. The van der Waals surface area contributed by atoms with Gasteiger partial charge >= 0.3 is 0 Å². The third-order valence-electron chi connectivity index (χ3n) is 3.34. The summed E-state index contributed by atoms with van der Waals surface area (Å²) < 4.78 is 1.99. The Kier molecular flexibility index (Phi) is 5.16. The molecule has 5 heteroatoms. The molecule has 0 spiro atoms. The molecule has 0 unspecified atom stereocenters. The highest BCUT2D eigenvalue weighted by atomic mass is 35.5. The van der Waals surface area contributed by atoms with Crippen molar-refractivity contribution in [1.29, 1.82) is 0 Å². The number of hydrogen-bond donors (Lipinski definition) is 0. The van der Waals surface area contributed by atoms with Gasteiger partial charge in [0.05, 0.1) is 0 Å². The van der Waals surface area contributed by atoms with Crippen LogP contribution >= 0.6 is 23.4 Å². The van der Waals surface area contributed by atoms with Crippen molar-refractivity contribution >= 4 is 29.4 Å². The van der Waals surface area contributed by atoms with Crippen molar-refractivity contribution in [3.05, 3.63) is 71.3 Å². The molecule has 3 aromatic rings. The topological polar surface area (TPSA) is 30.7 Å². The molecule has 0 saturated carbocycles. The third-order valence-corrected chi connectivity index (χ3v) is 4.54. The minimum Gasteiger partial charge on any atom is -0.305 e. The average Bonchev–Trinajstić information content (AvgIpc) is 2.93. The maximum atomic E-state index is 6.04. The molecule has 0 aliphatic heterocycles. The summed E-state index contributed by atoms with van der Waals surface area (Å²) >= 11 is 7.70. The van der Waals surface area contributed by atoms with Crippen LogP contribution in [0.5, 0.6) is 0 Å². The van der Waals surface area contributed by atoms with E-state index in [0.29, 0.717) is 5.02 Å². The first kappa shape index (κ1) is 15.8. The Bertz CT molecular complexity index is 812. The Hall–Kier alpha value is -2.04. The van der Waals surface area contributed by atoms with Crippen LogP contribution in [0, 0.1) is 0 Å². The lowest BCUT2D eigenvalue weighted by Gasteiger charge is -2.03. The highest BCUT2D eigenvalue weighted by Crippen LogP contribution is 2.24. The molecule has 0 fully saturated rings. The van der Waals surface area contributed by atoms with E-state index >= 15 is 0 Å². The molecule has 0 aliphatic rings. The van der Waals surface area contributed by atoms with Crippen LogP contribution in [-0.4, -0.2) is 20.5 Å². The largest absolute Gasteiger partial charge is 0.305 e. The number of benzene rings is 2. The van der Waals surface area contributed by atoms with Crippen LogP contribution in [-0.2, 0) is 7.05 Å². The monoisotopic (exact) mass is 341 g/mol. The molecule has 2 aromatic carbocycles. The van der Waals surface area contributed by atoms with Crippen molar-refractivity contribution in [3.63, 3.8) is 0 Å². The summed E-state index contributed by atoms with van der Waals surface area (Å²) in [5, 5.41) is 10.1. The van der Waals surface area contributed by atoms with Gasteiger partial charge in [0, 0.05) is 23.4 Å². The highest BCUT2D eigenvalue weighted by molar-refractivity contribution is 7.99. The van der Waals surface area contributed by atoms with Gasteiger partial charge in [-0.2, -0.15) is 0 Å². The molecule has 0 N–H and O–H groups in total. The van der Waals surface area contributed by atoms with Crippen molar-refractivity contribution in [2.75, 3.05) is 5.75 Å². The third kappa shape index (κ3) is 4.03. The predicted molar refractivity (Wildman–Crippen MR) is 97.6 cm³/mol. The van der Waals surface area contributed by atoms with E-state index in [4.69, 9.17) is 11.6 Å². The zero-order valence-electron chi connectivity index (χ0n) is 12.7. The highest BCUT2D eigenvalue weighted by Gasteiger charge is 2.10. The number of aromatic nitrogens is 3. The number of hydrogen-bond acceptors (Lipinski definition) is 3. The van der Waals surface area contributed by atoms with E-state index in [0.717, 1.165) is 22.3 Å². The molecule has 0 atom stereocenters. The summed E-state index contributed by atoms with van der Waals surface area (Å²) in [7, 11) is 1.97. The van der Waals surface area contributed by atoms with Gasteiger partial charge in [-0.15, -0.1) is 10.2 Å². The molecular weight excluding hydrogens is 326 g/mol. The lowest BCUT2D eigenvalue weighted by atomic mass is 10.2. The zero-order chi connectivity index (χ0) is 16.1. The van der Waals surface area contributed by atoms with E-state index in [1.54, 1.807) is 11.8 Å². The van der Waals surface area contributed by atoms with Gasteiger partial charge in [-0.25, -0.2) is 0 Å². The minimum atomic E-state index is 0.700. The van der Waals surface area contributed by atoms with Crippen LogP contribution in [0.4, 0.5) is 0 Å². The molecule has 0 radical (unpaired) electrons. The van der Waals surface area contributed by atoms with Crippen LogP contribution in [0.25, 0.3) is 17.5 Å². The van der Waals surface area contributed by atoms with Crippen molar-refractivity contribution in [2.45, 2.75) is 5.16 Å². The van der Waals surface area contributed by atoms with Crippen LogP contribution in [0.3, 0.4) is 0 Å². The second-order valence-corrected chi connectivity index (χ2v) is 6.42. The Labute approximate surface area is 145 Å². The lowest BCUT2D eigenvalue weighted by molar-refractivity contribution is 0.795. The van der Waals surface area contributed by atoms with Gasteiger partial charge in [-0.05, 0) is 17.7 Å². The maximum Gasteiger partial charge on any atom is 0.191 e. The summed E-state index contributed by atoms with van der Waals surface area (Å²) in [5.74, 6) is 1.66. The van der Waals surface area contributed by atoms with Crippen molar-refractivity contribution in [1.82, 2.24) is 14.8 Å². The van der Waals surface area contributed by atoms with Gasteiger partial charge in [0.1, 0.15) is 0 Å². The van der Waals surface area contributed by atoms with Gasteiger partial charge in [-0.3, -0.25) is 0 Å². The van der Waals surface area contributed by atoms with Crippen LogP contribution in [0.2, 0.25) is 5.02 Å². The molecule has 23 heavy (non-hydrogen) atoms. The van der Waals surface area contributed by atoms with E-state index < -0.39 is 0 Å². The first-order valence-electron chi connectivity index (χ1n) is 7.24. The summed E-state index contributed by atoms with van der Waals surface area (Å²) in [6.45, 7) is 0. The van der Waals surface area contributed by atoms with Crippen LogP contribution in [0.15, 0.2) is 65.8 Å². The summed E-state index contributed by atoms with van der Waals surface area (Å²) in [6, 6.07) is 17.9. The first-order valence-corrected chi connectivity index (χ1v) is 8.60. The smallest absolute Gasteiger partial charge is 0.191 e. The van der Waals surface area contributed by atoms with Gasteiger partial charge in [0.25, 0.3) is 0 Å². The minimum absolute atomic E-state index is 0.700. The molecule has 116 valence electrons. The number of nitrogens with zero attached hydrogens (tertiary/aromatic N) is 3. The Morgan fingerprint density at radius 1 is 1.09 bits per heavy atom. The Balaban J connectivity index is 1.67. The molecule has 0 aliphatic carbocycles. The van der Waals surface area contributed by atoms with Gasteiger partial charge in [-0.1, -0.05) is 78.0 Å². The first-order chi connectivity index (χ1) is 11.2. The number of halogens is 1. The van der Waals surface area contributed by atoms with Crippen LogP contribution < -0.4 is 0 Å². The molecule has 0 amide bonds. The average molecular weight is 342 g/mol. The molecule has 1 heterocycles. The van der Waals surface area contributed by atoms with Gasteiger partial charge in [0.15, 0.2) is 11.0 Å². The fourth-order valence-electron chi connectivity index (χ4n) is 2.19. The normalized spacial score (nSPS) is 11.2. The molecule has 0 saturated heterocycles. The standard InChI is InChI=1S/C18H16ClN3S/c1-22-17(15-10-5-11-16(19)13-15)20-21-18(22)23-12-6-9-14-7-3-2-4-8-14/h2-11,13H,12H2,1H3/b9-6+. The predicted octanol–water partition coefficient (Wildman–Crippen LogP) is 4.94. The fourth-order valence-corrected chi connectivity index (χ4v) is 3.10. The summed E-state index contributed by atoms with van der Waals surface area (Å²) in [5.41, 5.74) is 2.17. The molecular formula is C18H16ClN3S. The van der Waals surface area contributed by atoms with E-state index in [-0.39, 0.29) is 0 Å². The Morgan fingerprint density at radius 2 is 1.91 bits per heavy atom. The molecule has 1 aromatic heterocycles. The van der Waals surface area contributed by atoms with E-state index in [1.807, 2.05) is 54.1 Å². The quantitative estimate of drug-likeness (QED) is 0.616. The van der Waals surface area contributed by atoms with E-state index in [2.05, 4.69) is 34.5 Å². The van der Waals surface area contributed by atoms with Crippen molar-refractivity contribution in [2.24, 2.45) is 7.05 Å². The summed E-state index contributed by atoms with van der Waals surface area (Å²) in [6.07, 6.45) is 4.25. The Morgan fingerprint density at radius 3 is 2.70 bits per heavy atom.